The highest BCUT2D eigenvalue weighted by Gasteiger charge is 2.28. The van der Waals surface area contributed by atoms with Gasteiger partial charge >= 0.3 is 0 Å². The van der Waals surface area contributed by atoms with Gasteiger partial charge in [-0.3, -0.25) is 0 Å². The first-order chi connectivity index (χ1) is 8.20. The Bertz CT molecular complexity index is 214. The number of hydrogen-bond acceptors (Lipinski definition) is 3. The molecule has 0 radical (unpaired) electrons. The van der Waals surface area contributed by atoms with E-state index in [-0.39, 0.29) is 17.8 Å². The van der Waals surface area contributed by atoms with Gasteiger partial charge in [-0.2, -0.15) is 0 Å². The van der Waals surface area contributed by atoms with E-state index in [1.54, 1.807) is 0 Å². The molecule has 0 amide bonds. The summed E-state index contributed by atoms with van der Waals surface area (Å²) in [5.41, 5.74) is -0.323. The molecular weight excluding hydrogens is 228 g/mol. The van der Waals surface area contributed by atoms with Crippen LogP contribution in [-0.4, -0.2) is 36.1 Å². The molecule has 0 heterocycles. The molecule has 0 saturated carbocycles. The van der Waals surface area contributed by atoms with Crippen molar-refractivity contribution in [2.45, 2.75) is 72.7 Å². The smallest absolute Gasteiger partial charge is 0.0884 e. The van der Waals surface area contributed by atoms with Gasteiger partial charge in [0, 0.05) is 0 Å². The molecule has 18 heavy (non-hydrogen) atoms. The van der Waals surface area contributed by atoms with Crippen molar-refractivity contribution in [1.29, 1.82) is 0 Å². The van der Waals surface area contributed by atoms with E-state index >= 15 is 0 Å². The van der Waals surface area contributed by atoms with Gasteiger partial charge in [0.25, 0.3) is 0 Å². The standard InChI is InChI=1S/C15H32O3/c1-8-14(16)10-17-13(5)15(6,7)18-9-12(4)11(2)3/h11-14,16H,8-10H2,1-7H3. The van der Waals surface area contributed by atoms with Crippen molar-refractivity contribution in [3.8, 4) is 0 Å². The summed E-state index contributed by atoms with van der Waals surface area (Å²) in [5.74, 6) is 1.16. The highest BCUT2D eigenvalue weighted by atomic mass is 16.6. The number of ether oxygens (including phenoxy) is 2. The molecule has 0 aliphatic heterocycles. The SMILES string of the molecule is CCC(O)COC(C)C(C)(C)OCC(C)C(C)C. The second-order valence-corrected chi connectivity index (χ2v) is 6.17. The van der Waals surface area contributed by atoms with Crippen molar-refractivity contribution in [3.05, 3.63) is 0 Å². The van der Waals surface area contributed by atoms with Gasteiger partial charge in [-0.05, 0) is 39.0 Å². The van der Waals surface area contributed by atoms with Crippen LogP contribution < -0.4 is 0 Å². The van der Waals surface area contributed by atoms with Crippen molar-refractivity contribution in [2.24, 2.45) is 11.8 Å². The van der Waals surface area contributed by atoms with Crippen LogP contribution in [-0.2, 0) is 9.47 Å². The maximum Gasteiger partial charge on any atom is 0.0884 e. The van der Waals surface area contributed by atoms with Crippen molar-refractivity contribution in [2.75, 3.05) is 13.2 Å². The molecule has 3 nitrogen and oxygen atoms in total. The van der Waals surface area contributed by atoms with E-state index in [2.05, 4.69) is 20.8 Å². The number of aliphatic hydroxyl groups excluding tert-OH is 1. The lowest BCUT2D eigenvalue weighted by Crippen LogP contribution is -2.41. The summed E-state index contributed by atoms with van der Waals surface area (Å²) in [6, 6.07) is 0. The van der Waals surface area contributed by atoms with E-state index in [1.807, 2.05) is 27.7 Å². The average molecular weight is 260 g/mol. The molecule has 0 fully saturated rings. The maximum atomic E-state index is 9.50. The molecule has 3 atom stereocenters. The Labute approximate surface area is 113 Å². The number of rotatable bonds is 9. The van der Waals surface area contributed by atoms with Gasteiger partial charge in [0.2, 0.25) is 0 Å². The minimum absolute atomic E-state index is 0.0296. The fourth-order valence-electron chi connectivity index (χ4n) is 1.23. The Morgan fingerprint density at radius 3 is 2.06 bits per heavy atom. The quantitative estimate of drug-likeness (QED) is 0.691. The molecule has 1 N–H and O–H groups in total. The highest BCUT2D eigenvalue weighted by molar-refractivity contribution is 4.78. The summed E-state index contributed by atoms with van der Waals surface area (Å²) in [5, 5.41) is 9.50. The first-order valence-electron chi connectivity index (χ1n) is 7.14. The zero-order chi connectivity index (χ0) is 14.3. The fourth-order valence-corrected chi connectivity index (χ4v) is 1.23. The molecule has 0 rings (SSSR count). The molecule has 110 valence electrons. The van der Waals surface area contributed by atoms with Crippen molar-refractivity contribution < 1.29 is 14.6 Å². The van der Waals surface area contributed by atoms with E-state index in [1.165, 1.54) is 0 Å². The zero-order valence-electron chi connectivity index (χ0n) is 13.2. The maximum absolute atomic E-state index is 9.50. The Hall–Kier alpha value is -0.120. The molecule has 0 aromatic rings. The van der Waals surface area contributed by atoms with Gasteiger partial charge in [0.1, 0.15) is 0 Å². The molecule has 0 aromatic carbocycles. The summed E-state index contributed by atoms with van der Waals surface area (Å²) in [6.45, 7) is 15.8. The summed E-state index contributed by atoms with van der Waals surface area (Å²) < 4.78 is 11.7. The van der Waals surface area contributed by atoms with Gasteiger partial charge in [-0.25, -0.2) is 0 Å². The first-order valence-corrected chi connectivity index (χ1v) is 7.14. The third kappa shape index (κ3) is 6.72. The van der Waals surface area contributed by atoms with Crippen molar-refractivity contribution in [1.82, 2.24) is 0 Å². The van der Waals surface area contributed by atoms with Gasteiger partial charge < -0.3 is 14.6 Å². The summed E-state index contributed by atoms with van der Waals surface area (Å²) in [4.78, 5) is 0. The van der Waals surface area contributed by atoms with Crippen molar-refractivity contribution in [3.63, 3.8) is 0 Å². The summed E-state index contributed by atoms with van der Waals surface area (Å²) in [7, 11) is 0. The molecule has 0 aromatic heterocycles. The topological polar surface area (TPSA) is 38.7 Å². The van der Waals surface area contributed by atoms with E-state index in [9.17, 15) is 5.11 Å². The Morgan fingerprint density at radius 1 is 1.06 bits per heavy atom. The molecule has 0 saturated heterocycles. The Morgan fingerprint density at radius 2 is 1.61 bits per heavy atom. The monoisotopic (exact) mass is 260 g/mol. The average Bonchev–Trinajstić information content (AvgIpc) is 2.32. The van der Waals surface area contributed by atoms with E-state index in [0.717, 1.165) is 13.0 Å². The van der Waals surface area contributed by atoms with Crippen LogP contribution in [0.4, 0.5) is 0 Å². The lowest BCUT2D eigenvalue weighted by molar-refractivity contribution is -0.139. The highest BCUT2D eigenvalue weighted by Crippen LogP contribution is 2.21. The summed E-state index contributed by atoms with van der Waals surface area (Å²) in [6.07, 6.45) is 0.314. The van der Waals surface area contributed by atoms with Crippen LogP contribution in [0.5, 0.6) is 0 Å². The molecule has 0 aliphatic rings. The minimum atomic E-state index is -0.377. The van der Waals surface area contributed by atoms with E-state index in [4.69, 9.17) is 9.47 Å². The lowest BCUT2D eigenvalue weighted by Gasteiger charge is -2.34. The van der Waals surface area contributed by atoms with Gasteiger partial charge in [-0.1, -0.05) is 27.7 Å². The molecule has 0 spiro atoms. The second-order valence-electron chi connectivity index (χ2n) is 6.17. The molecule has 0 aliphatic carbocycles. The van der Waals surface area contributed by atoms with E-state index < -0.39 is 0 Å². The third-order valence-corrected chi connectivity index (χ3v) is 3.85. The fraction of sp³-hybridized carbons (Fsp3) is 1.00. The molecular formula is C15H32O3. The third-order valence-electron chi connectivity index (χ3n) is 3.85. The van der Waals surface area contributed by atoms with Gasteiger partial charge in [0.15, 0.2) is 0 Å². The number of hydrogen-bond donors (Lipinski definition) is 1. The van der Waals surface area contributed by atoms with Crippen LogP contribution in [0.3, 0.4) is 0 Å². The zero-order valence-corrected chi connectivity index (χ0v) is 13.2. The normalized spacial score (nSPS) is 17.8. The Balaban J connectivity index is 4.10. The summed E-state index contributed by atoms with van der Waals surface area (Å²) >= 11 is 0. The van der Waals surface area contributed by atoms with Crippen LogP contribution >= 0.6 is 0 Å². The Kier molecular flexibility index (Phi) is 8.08. The lowest BCUT2D eigenvalue weighted by atomic mass is 9.98. The van der Waals surface area contributed by atoms with Crippen LogP contribution in [0, 0.1) is 11.8 Å². The van der Waals surface area contributed by atoms with Gasteiger partial charge in [-0.15, -0.1) is 0 Å². The molecule has 0 bridgehead atoms. The second kappa shape index (κ2) is 8.13. The molecule has 3 unspecified atom stereocenters. The predicted molar refractivity (Wildman–Crippen MR) is 75.7 cm³/mol. The predicted octanol–water partition coefficient (Wildman–Crippen LogP) is 3.25. The number of aliphatic hydroxyl groups is 1. The van der Waals surface area contributed by atoms with Gasteiger partial charge in [0.05, 0.1) is 31.0 Å². The first kappa shape index (κ1) is 17.9. The van der Waals surface area contributed by atoms with Crippen molar-refractivity contribution >= 4 is 0 Å². The minimum Gasteiger partial charge on any atom is -0.391 e. The van der Waals surface area contributed by atoms with E-state index in [0.29, 0.717) is 18.4 Å². The largest absolute Gasteiger partial charge is 0.391 e. The van der Waals surface area contributed by atoms with Crippen LogP contribution in [0.2, 0.25) is 0 Å². The van der Waals surface area contributed by atoms with Crippen LogP contribution in [0.1, 0.15) is 54.9 Å². The molecule has 3 heteroatoms. The van der Waals surface area contributed by atoms with Crippen LogP contribution in [0.15, 0.2) is 0 Å². The van der Waals surface area contributed by atoms with Crippen LogP contribution in [0.25, 0.3) is 0 Å².